The summed E-state index contributed by atoms with van der Waals surface area (Å²) in [5.74, 6) is 0.920. The van der Waals surface area contributed by atoms with Gasteiger partial charge in [0.1, 0.15) is 0 Å². The van der Waals surface area contributed by atoms with Gasteiger partial charge >= 0.3 is 0 Å². The Morgan fingerprint density at radius 1 is 1.26 bits per heavy atom. The van der Waals surface area contributed by atoms with Crippen LogP contribution in [0.5, 0.6) is 0 Å². The van der Waals surface area contributed by atoms with Gasteiger partial charge in [-0.2, -0.15) is 0 Å². The van der Waals surface area contributed by atoms with Crippen molar-refractivity contribution in [3.8, 4) is 0 Å². The number of methoxy groups -OCH3 is 1. The largest absolute Gasteiger partial charge is 0.383 e. The predicted octanol–water partition coefficient (Wildman–Crippen LogP) is 2.46. The van der Waals surface area contributed by atoms with Gasteiger partial charge in [-0.1, -0.05) is 13.3 Å². The molecule has 0 unspecified atom stereocenters. The van der Waals surface area contributed by atoms with E-state index in [2.05, 4.69) is 21.8 Å². The average molecular weight is 269 g/mol. The van der Waals surface area contributed by atoms with E-state index < -0.39 is 0 Å². The molecular weight excluding hydrogens is 242 g/mol. The number of aromatic nitrogens is 2. The zero-order valence-electron chi connectivity index (χ0n) is 12.4. The highest BCUT2D eigenvalue weighted by Gasteiger charge is 2.04. The Kier molecular flexibility index (Phi) is 8.25. The van der Waals surface area contributed by atoms with Gasteiger partial charge in [-0.25, -0.2) is 4.98 Å². The Balaban J connectivity index is 2.20. The second kappa shape index (κ2) is 9.81. The van der Waals surface area contributed by atoms with E-state index >= 15 is 0 Å². The molecule has 1 heterocycles. The predicted molar refractivity (Wildman–Crippen MR) is 77.7 cm³/mol. The van der Waals surface area contributed by atoms with E-state index in [9.17, 15) is 0 Å². The fourth-order valence-electron chi connectivity index (χ4n) is 1.77. The van der Waals surface area contributed by atoms with Crippen molar-refractivity contribution in [1.82, 2.24) is 9.55 Å². The Morgan fingerprint density at radius 2 is 2.05 bits per heavy atom. The molecule has 1 rings (SSSR count). The van der Waals surface area contributed by atoms with Gasteiger partial charge in [0.25, 0.3) is 0 Å². The highest BCUT2D eigenvalue weighted by Crippen LogP contribution is 2.08. The summed E-state index contributed by atoms with van der Waals surface area (Å²) in [6.45, 7) is 8.27. The van der Waals surface area contributed by atoms with E-state index in [0.29, 0.717) is 6.61 Å². The van der Waals surface area contributed by atoms with Crippen LogP contribution in [0, 0.1) is 6.92 Å². The fraction of sp³-hybridized carbons (Fsp3) is 0.786. The number of rotatable bonds is 11. The van der Waals surface area contributed by atoms with Crippen LogP contribution in [0.25, 0.3) is 0 Å². The SMILES string of the molecule is CCCCOCCCNc1nc(C)cn1CCOC. The molecular formula is C14H27N3O2. The quantitative estimate of drug-likeness (QED) is 0.627. The summed E-state index contributed by atoms with van der Waals surface area (Å²) in [5, 5.41) is 3.35. The van der Waals surface area contributed by atoms with E-state index in [0.717, 1.165) is 50.8 Å². The van der Waals surface area contributed by atoms with E-state index in [1.165, 1.54) is 6.42 Å². The van der Waals surface area contributed by atoms with Crippen LogP contribution < -0.4 is 5.32 Å². The zero-order valence-corrected chi connectivity index (χ0v) is 12.4. The van der Waals surface area contributed by atoms with Gasteiger partial charge in [-0.05, 0) is 19.8 Å². The zero-order chi connectivity index (χ0) is 13.9. The maximum Gasteiger partial charge on any atom is 0.203 e. The maximum atomic E-state index is 5.53. The number of nitrogens with zero attached hydrogens (tertiary/aromatic N) is 2. The molecule has 0 spiro atoms. The second-order valence-electron chi connectivity index (χ2n) is 4.64. The summed E-state index contributed by atoms with van der Waals surface area (Å²) in [6, 6.07) is 0. The summed E-state index contributed by atoms with van der Waals surface area (Å²) in [4.78, 5) is 4.47. The monoisotopic (exact) mass is 269 g/mol. The first-order chi connectivity index (χ1) is 9.27. The lowest BCUT2D eigenvalue weighted by Crippen LogP contribution is -2.12. The minimum Gasteiger partial charge on any atom is -0.383 e. The van der Waals surface area contributed by atoms with Crippen LogP contribution in [0.2, 0.25) is 0 Å². The molecule has 5 nitrogen and oxygen atoms in total. The molecule has 0 bridgehead atoms. The van der Waals surface area contributed by atoms with Gasteiger partial charge in [0, 0.05) is 39.6 Å². The number of ether oxygens (including phenoxy) is 2. The molecule has 0 amide bonds. The van der Waals surface area contributed by atoms with Crippen molar-refractivity contribution < 1.29 is 9.47 Å². The molecule has 0 atom stereocenters. The molecule has 0 radical (unpaired) electrons. The Hall–Kier alpha value is -1.07. The Labute approximate surface area is 116 Å². The van der Waals surface area contributed by atoms with Crippen LogP contribution in [0.1, 0.15) is 31.9 Å². The van der Waals surface area contributed by atoms with Crippen LogP contribution in [0.15, 0.2) is 6.20 Å². The molecule has 1 N–H and O–H groups in total. The van der Waals surface area contributed by atoms with Crippen LogP contribution >= 0.6 is 0 Å². The Bertz CT molecular complexity index is 339. The van der Waals surface area contributed by atoms with Crippen molar-refractivity contribution in [3.63, 3.8) is 0 Å². The average Bonchev–Trinajstić information content (AvgIpc) is 2.75. The molecule has 0 saturated heterocycles. The van der Waals surface area contributed by atoms with E-state index in [-0.39, 0.29) is 0 Å². The number of unbranched alkanes of at least 4 members (excludes halogenated alkanes) is 1. The molecule has 0 fully saturated rings. The molecule has 0 aliphatic rings. The minimum atomic E-state index is 0.699. The first kappa shape index (κ1) is 16.0. The van der Waals surface area contributed by atoms with Crippen molar-refractivity contribution in [2.75, 3.05) is 38.8 Å². The standard InChI is InChI=1S/C14H27N3O2/c1-4-5-9-19-10-6-7-15-14-16-13(2)12-17(14)8-11-18-3/h12H,4-11H2,1-3H3,(H,15,16). The van der Waals surface area contributed by atoms with Crippen LogP contribution in [0.3, 0.4) is 0 Å². The van der Waals surface area contributed by atoms with Crippen molar-refractivity contribution in [1.29, 1.82) is 0 Å². The summed E-state index contributed by atoms with van der Waals surface area (Å²) in [7, 11) is 1.71. The van der Waals surface area contributed by atoms with E-state index in [1.54, 1.807) is 7.11 Å². The fourth-order valence-corrected chi connectivity index (χ4v) is 1.77. The third kappa shape index (κ3) is 6.59. The topological polar surface area (TPSA) is 48.3 Å². The first-order valence-corrected chi connectivity index (χ1v) is 7.12. The number of hydrogen-bond acceptors (Lipinski definition) is 4. The molecule has 0 aliphatic heterocycles. The summed E-state index contributed by atoms with van der Waals surface area (Å²) >= 11 is 0. The molecule has 5 heteroatoms. The molecule has 110 valence electrons. The second-order valence-corrected chi connectivity index (χ2v) is 4.64. The van der Waals surface area contributed by atoms with Gasteiger partial charge in [0.15, 0.2) is 0 Å². The van der Waals surface area contributed by atoms with Gasteiger partial charge in [-0.15, -0.1) is 0 Å². The molecule has 0 aliphatic carbocycles. The number of hydrogen-bond donors (Lipinski definition) is 1. The number of aryl methyl sites for hydroxylation is 1. The molecule has 0 saturated carbocycles. The van der Waals surface area contributed by atoms with Crippen LogP contribution in [0.4, 0.5) is 5.95 Å². The van der Waals surface area contributed by atoms with E-state index in [4.69, 9.17) is 9.47 Å². The lowest BCUT2D eigenvalue weighted by atomic mass is 10.4. The molecule has 1 aromatic rings. The Morgan fingerprint density at radius 3 is 2.79 bits per heavy atom. The highest BCUT2D eigenvalue weighted by molar-refractivity contribution is 5.28. The first-order valence-electron chi connectivity index (χ1n) is 7.12. The third-order valence-electron chi connectivity index (χ3n) is 2.82. The van der Waals surface area contributed by atoms with Gasteiger partial charge in [-0.3, -0.25) is 0 Å². The minimum absolute atomic E-state index is 0.699. The van der Waals surface area contributed by atoms with Gasteiger partial charge in [0.05, 0.1) is 12.3 Å². The van der Waals surface area contributed by atoms with Crippen molar-refractivity contribution in [2.45, 2.75) is 39.7 Å². The molecule has 1 aromatic heterocycles. The highest BCUT2D eigenvalue weighted by atomic mass is 16.5. The van der Waals surface area contributed by atoms with Crippen LogP contribution in [-0.4, -0.2) is 43.0 Å². The van der Waals surface area contributed by atoms with Gasteiger partial charge < -0.3 is 19.4 Å². The van der Waals surface area contributed by atoms with Crippen molar-refractivity contribution >= 4 is 5.95 Å². The number of anilines is 1. The third-order valence-corrected chi connectivity index (χ3v) is 2.82. The van der Waals surface area contributed by atoms with Crippen molar-refractivity contribution in [3.05, 3.63) is 11.9 Å². The number of imidazole rings is 1. The lowest BCUT2D eigenvalue weighted by Gasteiger charge is -2.09. The summed E-state index contributed by atoms with van der Waals surface area (Å²) < 4.78 is 12.7. The molecule has 0 aromatic carbocycles. The van der Waals surface area contributed by atoms with Crippen LogP contribution in [-0.2, 0) is 16.0 Å². The maximum absolute atomic E-state index is 5.53. The number of nitrogens with one attached hydrogen (secondary N) is 1. The van der Waals surface area contributed by atoms with E-state index in [1.807, 2.05) is 13.1 Å². The summed E-state index contributed by atoms with van der Waals surface area (Å²) in [5.41, 5.74) is 1.03. The normalized spacial score (nSPS) is 10.9. The van der Waals surface area contributed by atoms with Gasteiger partial charge in [0.2, 0.25) is 5.95 Å². The van der Waals surface area contributed by atoms with Crippen molar-refractivity contribution in [2.24, 2.45) is 0 Å². The lowest BCUT2D eigenvalue weighted by molar-refractivity contribution is 0.131. The molecule has 19 heavy (non-hydrogen) atoms. The summed E-state index contributed by atoms with van der Waals surface area (Å²) in [6.07, 6.45) is 5.38. The smallest absolute Gasteiger partial charge is 0.203 e.